The highest BCUT2D eigenvalue weighted by atomic mass is 16.5. The summed E-state index contributed by atoms with van der Waals surface area (Å²) in [6, 6.07) is 4.68. The zero-order valence-electron chi connectivity index (χ0n) is 11.2. The first kappa shape index (κ1) is 11.8. The second-order valence-corrected chi connectivity index (χ2v) is 5.95. The van der Waals surface area contributed by atoms with E-state index in [0.29, 0.717) is 6.04 Å². The maximum Gasteiger partial charge on any atom is 0.237 e. The maximum absolute atomic E-state index is 5.76. The lowest BCUT2D eigenvalue weighted by atomic mass is 9.95. The molecule has 2 aliphatic rings. The van der Waals surface area contributed by atoms with Gasteiger partial charge in [0.1, 0.15) is 0 Å². The first-order chi connectivity index (χ1) is 8.72. The Hall–Kier alpha value is -1.25. The predicted octanol–water partition coefficient (Wildman–Crippen LogP) is 3.47. The standard InChI is InChI=1S/C15H22N2O/c1-10(2)18-15-13(4-3-7-16-15)17-14-9-11-5-6-12(14)8-11/h3-4,7,10-12,14,17H,5-6,8-9H2,1-2H3. The molecule has 0 aromatic carbocycles. The van der Waals surface area contributed by atoms with Crippen molar-refractivity contribution in [1.82, 2.24) is 4.98 Å². The minimum Gasteiger partial charge on any atom is -0.473 e. The van der Waals surface area contributed by atoms with Gasteiger partial charge in [0.15, 0.2) is 0 Å². The fraction of sp³-hybridized carbons (Fsp3) is 0.667. The number of nitrogens with one attached hydrogen (secondary N) is 1. The second kappa shape index (κ2) is 4.79. The minimum absolute atomic E-state index is 0.167. The summed E-state index contributed by atoms with van der Waals surface area (Å²) in [5.74, 6) is 2.57. The van der Waals surface area contributed by atoms with Gasteiger partial charge in [-0.3, -0.25) is 0 Å². The molecule has 1 aromatic heterocycles. The fourth-order valence-corrected chi connectivity index (χ4v) is 3.44. The van der Waals surface area contributed by atoms with Crippen LogP contribution in [0.4, 0.5) is 5.69 Å². The van der Waals surface area contributed by atoms with E-state index in [1.807, 2.05) is 19.9 Å². The summed E-state index contributed by atoms with van der Waals surface area (Å²) in [6.45, 7) is 4.08. The Bertz CT molecular complexity index is 419. The summed E-state index contributed by atoms with van der Waals surface area (Å²) >= 11 is 0. The van der Waals surface area contributed by atoms with E-state index in [0.717, 1.165) is 23.4 Å². The van der Waals surface area contributed by atoms with E-state index in [1.165, 1.54) is 25.7 Å². The molecule has 1 aromatic rings. The largest absolute Gasteiger partial charge is 0.473 e. The van der Waals surface area contributed by atoms with Crippen LogP contribution < -0.4 is 10.1 Å². The number of fused-ring (bicyclic) bond motifs is 2. The molecule has 1 N–H and O–H groups in total. The van der Waals surface area contributed by atoms with Crippen LogP contribution in [0.15, 0.2) is 18.3 Å². The summed E-state index contributed by atoms with van der Waals surface area (Å²) in [7, 11) is 0. The maximum atomic E-state index is 5.76. The van der Waals surface area contributed by atoms with E-state index in [-0.39, 0.29) is 6.10 Å². The number of ether oxygens (including phenoxy) is 1. The van der Waals surface area contributed by atoms with Crippen LogP contribution in [0, 0.1) is 11.8 Å². The Kier molecular flexibility index (Phi) is 3.14. The average Bonchev–Trinajstić information content (AvgIpc) is 2.93. The van der Waals surface area contributed by atoms with Gasteiger partial charge in [0.25, 0.3) is 0 Å². The van der Waals surface area contributed by atoms with Crippen molar-refractivity contribution in [1.29, 1.82) is 0 Å². The molecule has 0 radical (unpaired) electrons. The molecule has 2 saturated carbocycles. The molecule has 3 heteroatoms. The lowest BCUT2D eigenvalue weighted by molar-refractivity contribution is 0.233. The summed E-state index contributed by atoms with van der Waals surface area (Å²) in [5.41, 5.74) is 1.06. The third kappa shape index (κ3) is 2.31. The topological polar surface area (TPSA) is 34.1 Å². The Balaban J connectivity index is 1.72. The van der Waals surface area contributed by atoms with E-state index < -0.39 is 0 Å². The van der Waals surface area contributed by atoms with Gasteiger partial charge in [0, 0.05) is 12.2 Å². The van der Waals surface area contributed by atoms with Crippen molar-refractivity contribution in [2.24, 2.45) is 11.8 Å². The SMILES string of the molecule is CC(C)Oc1ncccc1NC1CC2CCC1C2. The Morgan fingerprint density at radius 2 is 2.22 bits per heavy atom. The summed E-state index contributed by atoms with van der Waals surface area (Å²) in [6.07, 6.45) is 7.53. The highest BCUT2D eigenvalue weighted by Crippen LogP contribution is 2.46. The molecule has 1 heterocycles. The molecule has 0 spiro atoms. The number of rotatable bonds is 4. The van der Waals surface area contributed by atoms with Gasteiger partial charge in [-0.05, 0) is 57.1 Å². The van der Waals surface area contributed by atoms with Crippen LogP contribution in [0.1, 0.15) is 39.5 Å². The molecular formula is C15H22N2O. The molecular weight excluding hydrogens is 224 g/mol. The lowest BCUT2D eigenvalue weighted by Crippen LogP contribution is -2.26. The van der Waals surface area contributed by atoms with E-state index in [1.54, 1.807) is 6.20 Å². The Morgan fingerprint density at radius 1 is 1.33 bits per heavy atom. The van der Waals surface area contributed by atoms with Crippen LogP contribution >= 0.6 is 0 Å². The van der Waals surface area contributed by atoms with Crippen molar-refractivity contribution in [3.8, 4) is 5.88 Å². The van der Waals surface area contributed by atoms with E-state index >= 15 is 0 Å². The third-order valence-electron chi connectivity index (χ3n) is 4.20. The molecule has 0 saturated heterocycles. The van der Waals surface area contributed by atoms with Gasteiger partial charge < -0.3 is 10.1 Å². The van der Waals surface area contributed by atoms with Crippen molar-refractivity contribution >= 4 is 5.69 Å². The van der Waals surface area contributed by atoms with E-state index in [4.69, 9.17) is 4.74 Å². The summed E-state index contributed by atoms with van der Waals surface area (Å²) in [4.78, 5) is 4.34. The van der Waals surface area contributed by atoms with Crippen LogP contribution in [0.2, 0.25) is 0 Å². The summed E-state index contributed by atoms with van der Waals surface area (Å²) in [5, 5.41) is 3.66. The van der Waals surface area contributed by atoms with Crippen LogP contribution in [0.5, 0.6) is 5.88 Å². The first-order valence-electron chi connectivity index (χ1n) is 7.10. The van der Waals surface area contributed by atoms with Crippen molar-refractivity contribution in [3.63, 3.8) is 0 Å². The van der Waals surface area contributed by atoms with E-state index in [9.17, 15) is 0 Å². The average molecular weight is 246 g/mol. The molecule has 98 valence electrons. The zero-order chi connectivity index (χ0) is 12.5. The van der Waals surface area contributed by atoms with Crippen molar-refractivity contribution in [3.05, 3.63) is 18.3 Å². The quantitative estimate of drug-likeness (QED) is 0.883. The van der Waals surface area contributed by atoms with Gasteiger partial charge >= 0.3 is 0 Å². The Labute approximate surface area is 109 Å². The lowest BCUT2D eigenvalue weighted by Gasteiger charge is -2.25. The number of aromatic nitrogens is 1. The smallest absolute Gasteiger partial charge is 0.237 e. The van der Waals surface area contributed by atoms with Crippen LogP contribution in [0.3, 0.4) is 0 Å². The van der Waals surface area contributed by atoms with Crippen LogP contribution in [-0.4, -0.2) is 17.1 Å². The normalized spacial score (nSPS) is 29.8. The molecule has 2 aliphatic carbocycles. The van der Waals surface area contributed by atoms with Gasteiger partial charge in [-0.2, -0.15) is 0 Å². The molecule has 2 fully saturated rings. The van der Waals surface area contributed by atoms with Gasteiger partial charge in [0.2, 0.25) is 5.88 Å². The van der Waals surface area contributed by atoms with Gasteiger partial charge in [-0.15, -0.1) is 0 Å². The van der Waals surface area contributed by atoms with Crippen LogP contribution in [0.25, 0.3) is 0 Å². The minimum atomic E-state index is 0.167. The molecule has 3 rings (SSSR count). The molecule has 3 unspecified atom stereocenters. The van der Waals surface area contributed by atoms with Crippen molar-refractivity contribution in [2.75, 3.05) is 5.32 Å². The fourth-order valence-electron chi connectivity index (χ4n) is 3.44. The molecule has 18 heavy (non-hydrogen) atoms. The van der Waals surface area contributed by atoms with Gasteiger partial charge in [-0.25, -0.2) is 4.98 Å². The summed E-state index contributed by atoms with van der Waals surface area (Å²) < 4.78 is 5.76. The zero-order valence-corrected chi connectivity index (χ0v) is 11.2. The highest BCUT2D eigenvalue weighted by molar-refractivity contribution is 5.53. The monoisotopic (exact) mass is 246 g/mol. The molecule has 3 atom stereocenters. The van der Waals surface area contributed by atoms with Gasteiger partial charge in [-0.1, -0.05) is 6.42 Å². The third-order valence-corrected chi connectivity index (χ3v) is 4.20. The molecule has 0 amide bonds. The van der Waals surface area contributed by atoms with Crippen molar-refractivity contribution in [2.45, 2.75) is 51.7 Å². The second-order valence-electron chi connectivity index (χ2n) is 5.95. The number of anilines is 1. The molecule has 3 nitrogen and oxygen atoms in total. The predicted molar refractivity (Wildman–Crippen MR) is 72.9 cm³/mol. The first-order valence-corrected chi connectivity index (χ1v) is 7.10. The van der Waals surface area contributed by atoms with Crippen molar-refractivity contribution < 1.29 is 4.74 Å². The number of hydrogen-bond acceptors (Lipinski definition) is 3. The highest BCUT2D eigenvalue weighted by Gasteiger charge is 2.39. The number of pyridine rings is 1. The van der Waals surface area contributed by atoms with Crippen LogP contribution in [-0.2, 0) is 0 Å². The Morgan fingerprint density at radius 3 is 2.89 bits per heavy atom. The molecule has 2 bridgehead atoms. The van der Waals surface area contributed by atoms with E-state index in [2.05, 4.69) is 16.4 Å². The molecule has 0 aliphatic heterocycles. The number of nitrogens with zero attached hydrogens (tertiary/aromatic N) is 1. The number of hydrogen-bond donors (Lipinski definition) is 1. The van der Waals surface area contributed by atoms with Gasteiger partial charge in [0.05, 0.1) is 11.8 Å².